The van der Waals surface area contributed by atoms with Gasteiger partial charge in [0.2, 0.25) is 0 Å². The number of nitrogens with zero attached hydrogens (tertiary/aromatic N) is 3. The number of fused-ring (bicyclic) bond motifs is 1. The summed E-state index contributed by atoms with van der Waals surface area (Å²) in [5.74, 6) is 0.839. The second-order valence-electron chi connectivity index (χ2n) is 7.16. The van der Waals surface area contributed by atoms with Gasteiger partial charge in [0.25, 0.3) is 0 Å². The van der Waals surface area contributed by atoms with Crippen LogP contribution in [0.3, 0.4) is 0 Å². The normalized spacial score (nSPS) is 26.8. The van der Waals surface area contributed by atoms with Gasteiger partial charge in [-0.15, -0.1) is 0 Å². The van der Waals surface area contributed by atoms with Crippen LogP contribution < -0.4 is 4.74 Å². The van der Waals surface area contributed by atoms with Gasteiger partial charge in [-0.25, -0.2) is 0 Å². The molecule has 5 heteroatoms. The number of rotatable bonds is 5. The Morgan fingerprint density at radius 1 is 1.20 bits per heavy atom. The Kier molecular flexibility index (Phi) is 4.95. The lowest BCUT2D eigenvalue weighted by atomic mass is 9.73. The van der Waals surface area contributed by atoms with Gasteiger partial charge in [0.05, 0.1) is 18.9 Å². The number of hydrogen-bond acceptors (Lipinski definition) is 5. The highest BCUT2D eigenvalue weighted by Gasteiger charge is 2.46. The first kappa shape index (κ1) is 16.5. The molecule has 2 saturated heterocycles. The van der Waals surface area contributed by atoms with Crippen LogP contribution in [0.1, 0.15) is 24.8 Å². The van der Waals surface area contributed by atoms with Crippen molar-refractivity contribution in [2.45, 2.75) is 31.9 Å². The van der Waals surface area contributed by atoms with E-state index in [-0.39, 0.29) is 5.41 Å². The molecule has 4 heterocycles. The summed E-state index contributed by atoms with van der Waals surface area (Å²) in [6, 6.07) is 8.04. The molecule has 0 aromatic carbocycles. The average molecular weight is 339 g/mol. The maximum atomic E-state index is 6.14. The summed E-state index contributed by atoms with van der Waals surface area (Å²) in [6.07, 6.45) is 11.0. The van der Waals surface area contributed by atoms with Crippen molar-refractivity contribution in [2.75, 3.05) is 26.3 Å². The molecule has 2 aliphatic rings. The molecule has 0 N–H and O–H groups in total. The van der Waals surface area contributed by atoms with Gasteiger partial charge >= 0.3 is 0 Å². The zero-order chi connectivity index (χ0) is 17.0. The van der Waals surface area contributed by atoms with Crippen LogP contribution in [-0.4, -0.2) is 47.3 Å². The van der Waals surface area contributed by atoms with Gasteiger partial charge in [-0.3, -0.25) is 14.9 Å². The molecule has 0 amide bonds. The van der Waals surface area contributed by atoms with Gasteiger partial charge in [0.15, 0.2) is 0 Å². The van der Waals surface area contributed by atoms with Gasteiger partial charge in [-0.1, -0.05) is 6.07 Å². The second kappa shape index (κ2) is 7.50. The molecule has 0 spiro atoms. The van der Waals surface area contributed by atoms with Crippen molar-refractivity contribution in [3.8, 4) is 5.75 Å². The Hall–Kier alpha value is -1.98. The lowest BCUT2D eigenvalue weighted by Crippen LogP contribution is -2.57. The molecule has 0 saturated carbocycles. The topological polar surface area (TPSA) is 47.5 Å². The molecular formula is C20H25N3O2. The van der Waals surface area contributed by atoms with Crippen molar-refractivity contribution in [1.29, 1.82) is 0 Å². The number of piperidine rings is 1. The van der Waals surface area contributed by atoms with Crippen molar-refractivity contribution in [3.63, 3.8) is 0 Å². The summed E-state index contributed by atoms with van der Waals surface area (Å²) in [5, 5.41) is 0. The molecule has 2 aromatic rings. The number of aromatic nitrogens is 2. The van der Waals surface area contributed by atoms with E-state index in [4.69, 9.17) is 9.47 Å². The van der Waals surface area contributed by atoms with E-state index >= 15 is 0 Å². The standard InChI is InChI=1S/C20H25N3O2/c1-4-17(12-21-8-1)14-23-10-6-19-20(15-23,7-3-11-24-19)16-25-18-5-2-9-22-13-18/h1-2,4-5,8-9,12-13,19H,3,6-7,10-11,14-16H2/t19-,20+/m1/s1. The maximum absolute atomic E-state index is 6.14. The van der Waals surface area contributed by atoms with Crippen LogP contribution in [0.25, 0.3) is 0 Å². The van der Waals surface area contributed by atoms with E-state index in [1.807, 2.05) is 30.6 Å². The predicted molar refractivity (Wildman–Crippen MR) is 95.3 cm³/mol. The van der Waals surface area contributed by atoms with Crippen LogP contribution >= 0.6 is 0 Å². The molecule has 2 atom stereocenters. The molecule has 25 heavy (non-hydrogen) atoms. The predicted octanol–water partition coefficient (Wildman–Crippen LogP) is 2.93. The van der Waals surface area contributed by atoms with Gasteiger partial charge < -0.3 is 9.47 Å². The van der Waals surface area contributed by atoms with Crippen LogP contribution in [0.15, 0.2) is 49.1 Å². The van der Waals surface area contributed by atoms with Gasteiger partial charge in [0, 0.05) is 50.2 Å². The third-order valence-electron chi connectivity index (χ3n) is 5.36. The fourth-order valence-corrected chi connectivity index (χ4v) is 4.14. The largest absolute Gasteiger partial charge is 0.491 e. The number of likely N-dealkylation sites (tertiary alicyclic amines) is 1. The van der Waals surface area contributed by atoms with E-state index in [0.717, 1.165) is 51.3 Å². The van der Waals surface area contributed by atoms with Gasteiger partial charge in [-0.2, -0.15) is 0 Å². The van der Waals surface area contributed by atoms with Crippen LogP contribution in [0, 0.1) is 5.41 Å². The van der Waals surface area contributed by atoms with E-state index in [9.17, 15) is 0 Å². The molecule has 132 valence electrons. The highest BCUT2D eigenvalue weighted by Crippen LogP contribution is 2.41. The average Bonchev–Trinajstić information content (AvgIpc) is 2.68. The highest BCUT2D eigenvalue weighted by molar-refractivity contribution is 5.16. The summed E-state index contributed by atoms with van der Waals surface area (Å²) in [7, 11) is 0. The quantitative estimate of drug-likeness (QED) is 0.838. The number of pyridine rings is 2. The van der Waals surface area contributed by atoms with Crippen LogP contribution in [-0.2, 0) is 11.3 Å². The SMILES string of the molecule is c1cncc(CN2CC[C@H]3OCCC[C@@]3(COc3cccnc3)C2)c1. The van der Waals surface area contributed by atoms with E-state index in [1.165, 1.54) is 5.56 Å². The Morgan fingerprint density at radius 2 is 2.08 bits per heavy atom. The first-order valence-electron chi connectivity index (χ1n) is 9.10. The van der Waals surface area contributed by atoms with E-state index in [1.54, 1.807) is 12.4 Å². The monoisotopic (exact) mass is 339 g/mol. The summed E-state index contributed by atoms with van der Waals surface area (Å²) in [5.41, 5.74) is 1.33. The lowest BCUT2D eigenvalue weighted by Gasteiger charge is -2.50. The lowest BCUT2D eigenvalue weighted by molar-refractivity contribution is -0.140. The Balaban J connectivity index is 1.47. The van der Waals surface area contributed by atoms with Crippen molar-refractivity contribution in [3.05, 3.63) is 54.6 Å². The summed E-state index contributed by atoms with van der Waals surface area (Å²) in [6.45, 7) is 4.57. The van der Waals surface area contributed by atoms with Crippen molar-refractivity contribution < 1.29 is 9.47 Å². The van der Waals surface area contributed by atoms with Crippen molar-refractivity contribution >= 4 is 0 Å². The molecule has 0 bridgehead atoms. The minimum absolute atomic E-state index is 0.0640. The van der Waals surface area contributed by atoms with E-state index in [0.29, 0.717) is 12.7 Å². The second-order valence-corrected chi connectivity index (χ2v) is 7.16. The Bertz CT molecular complexity index is 667. The molecule has 0 unspecified atom stereocenters. The van der Waals surface area contributed by atoms with E-state index in [2.05, 4.69) is 20.9 Å². The molecule has 2 fully saturated rings. The fourth-order valence-electron chi connectivity index (χ4n) is 4.14. The Morgan fingerprint density at radius 3 is 2.88 bits per heavy atom. The first-order chi connectivity index (χ1) is 12.3. The first-order valence-corrected chi connectivity index (χ1v) is 9.10. The molecule has 5 nitrogen and oxygen atoms in total. The zero-order valence-electron chi connectivity index (χ0n) is 14.5. The summed E-state index contributed by atoms with van der Waals surface area (Å²) >= 11 is 0. The molecular weight excluding hydrogens is 314 g/mol. The number of ether oxygens (including phenoxy) is 2. The third-order valence-corrected chi connectivity index (χ3v) is 5.36. The Labute approximate surface area is 149 Å². The van der Waals surface area contributed by atoms with E-state index < -0.39 is 0 Å². The zero-order valence-corrected chi connectivity index (χ0v) is 14.5. The summed E-state index contributed by atoms with van der Waals surface area (Å²) < 4.78 is 12.3. The maximum Gasteiger partial charge on any atom is 0.137 e. The van der Waals surface area contributed by atoms with Gasteiger partial charge in [0.1, 0.15) is 5.75 Å². The molecule has 2 aromatic heterocycles. The molecule has 4 rings (SSSR count). The smallest absolute Gasteiger partial charge is 0.137 e. The number of hydrogen-bond donors (Lipinski definition) is 0. The fraction of sp³-hybridized carbons (Fsp3) is 0.500. The minimum Gasteiger partial charge on any atom is -0.491 e. The minimum atomic E-state index is 0.0640. The van der Waals surface area contributed by atoms with Crippen LogP contribution in [0.2, 0.25) is 0 Å². The van der Waals surface area contributed by atoms with Crippen molar-refractivity contribution in [2.24, 2.45) is 5.41 Å². The van der Waals surface area contributed by atoms with Crippen LogP contribution in [0.5, 0.6) is 5.75 Å². The molecule has 0 radical (unpaired) electrons. The third kappa shape index (κ3) is 3.83. The highest BCUT2D eigenvalue weighted by atomic mass is 16.5. The van der Waals surface area contributed by atoms with Crippen molar-refractivity contribution in [1.82, 2.24) is 14.9 Å². The molecule has 0 aliphatic carbocycles. The summed E-state index contributed by atoms with van der Waals surface area (Å²) in [4.78, 5) is 10.9. The van der Waals surface area contributed by atoms with Crippen LogP contribution in [0.4, 0.5) is 0 Å². The molecule has 2 aliphatic heterocycles. The van der Waals surface area contributed by atoms with Gasteiger partial charge in [-0.05, 0) is 43.0 Å².